The highest BCUT2D eigenvalue weighted by molar-refractivity contribution is 6.74. The van der Waals surface area contributed by atoms with Crippen molar-refractivity contribution >= 4 is 31.8 Å². The normalized spacial score (nSPS) is 15.6. The molecule has 1 amide bonds. The molecule has 214 valence electrons. The van der Waals surface area contributed by atoms with Crippen molar-refractivity contribution in [1.82, 2.24) is 9.47 Å². The Bertz CT molecular complexity index is 1420. The smallest absolute Gasteiger partial charge is 0.339 e. The van der Waals surface area contributed by atoms with Gasteiger partial charge >= 0.3 is 5.97 Å². The molecule has 0 spiro atoms. The minimum atomic E-state index is -1.97. The first kappa shape index (κ1) is 30.1. The van der Waals surface area contributed by atoms with E-state index in [4.69, 9.17) is 20.8 Å². The van der Waals surface area contributed by atoms with Gasteiger partial charge in [-0.25, -0.2) is 4.79 Å². The Morgan fingerprint density at radius 3 is 2.45 bits per heavy atom. The number of ether oxygens (including phenoxy) is 1. The minimum absolute atomic E-state index is 0.0740. The lowest BCUT2D eigenvalue weighted by molar-refractivity contribution is 0.0525. The second-order valence-corrected chi connectivity index (χ2v) is 17.4. The molecule has 1 atom stereocenters. The Morgan fingerprint density at radius 1 is 1.07 bits per heavy atom. The molecule has 1 aliphatic rings. The first-order valence-corrected chi connectivity index (χ1v) is 17.2. The van der Waals surface area contributed by atoms with Crippen LogP contribution in [-0.2, 0) is 22.8 Å². The van der Waals surface area contributed by atoms with E-state index in [0.717, 1.165) is 17.0 Å². The molecular weight excluding hydrogens is 540 g/mol. The van der Waals surface area contributed by atoms with E-state index in [-0.39, 0.29) is 22.8 Å². The predicted octanol–water partition coefficient (Wildman–Crippen LogP) is 7.59. The van der Waals surface area contributed by atoms with Crippen LogP contribution in [0, 0.1) is 6.92 Å². The molecule has 8 heteroatoms. The zero-order valence-electron chi connectivity index (χ0n) is 24.9. The van der Waals surface area contributed by atoms with Crippen LogP contribution in [0.1, 0.15) is 71.1 Å². The molecule has 4 rings (SSSR count). The molecule has 0 N–H and O–H groups in total. The number of hydrogen-bond donors (Lipinski definition) is 0. The van der Waals surface area contributed by atoms with Gasteiger partial charge in [-0.15, -0.1) is 0 Å². The molecule has 1 aromatic heterocycles. The second-order valence-electron chi connectivity index (χ2n) is 12.2. The van der Waals surface area contributed by atoms with Crippen molar-refractivity contribution in [1.29, 1.82) is 0 Å². The largest absolute Gasteiger partial charge is 0.462 e. The number of rotatable bonds is 7. The van der Waals surface area contributed by atoms with Crippen LogP contribution in [0.15, 0.2) is 48.5 Å². The van der Waals surface area contributed by atoms with Gasteiger partial charge in [-0.3, -0.25) is 4.79 Å². The van der Waals surface area contributed by atoms with E-state index in [0.29, 0.717) is 48.0 Å². The van der Waals surface area contributed by atoms with Gasteiger partial charge in [0.15, 0.2) is 8.32 Å². The van der Waals surface area contributed by atoms with Crippen LogP contribution >= 0.6 is 11.6 Å². The number of amides is 1. The molecule has 1 unspecified atom stereocenters. The van der Waals surface area contributed by atoms with Crippen molar-refractivity contribution in [3.05, 3.63) is 81.5 Å². The molecular formula is C32H41ClN2O4Si. The van der Waals surface area contributed by atoms with Gasteiger partial charge in [0.05, 0.1) is 12.2 Å². The standard InChI is InChI=1S/C32H41ClN2O4Si/c1-9-38-31(37)27-17-29(34(6)21(27)2)28-16-24(33)14-15-26(28)30(36)35-18-22-12-10-11-13-25(22)23(19-35)20-39-40(7,8)32(3,4)5/h10-17,23H,9,18-20H2,1-8H3. The lowest BCUT2D eigenvalue weighted by Gasteiger charge is -2.40. The first-order valence-electron chi connectivity index (χ1n) is 13.9. The topological polar surface area (TPSA) is 60.8 Å². The lowest BCUT2D eigenvalue weighted by atomic mass is 9.89. The number of nitrogens with zero attached hydrogens (tertiary/aromatic N) is 2. The SMILES string of the molecule is CCOC(=O)c1cc(-c2cc(Cl)ccc2C(=O)N2Cc3ccccc3C(CO[Si](C)(C)C(C)(C)C)C2)n(C)c1C. The third-order valence-electron chi connectivity index (χ3n) is 8.55. The molecule has 40 heavy (non-hydrogen) atoms. The highest BCUT2D eigenvalue weighted by Crippen LogP contribution is 2.39. The highest BCUT2D eigenvalue weighted by atomic mass is 35.5. The van der Waals surface area contributed by atoms with Crippen LogP contribution in [0.5, 0.6) is 0 Å². The van der Waals surface area contributed by atoms with Gasteiger partial charge in [-0.2, -0.15) is 0 Å². The first-order chi connectivity index (χ1) is 18.7. The van der Waals surface area contributed by atoms with Crippen LogP contribution in [0.25, 0.3) is 11.3 Å². The Labute approximate surface area is 244 Å². The van der Waals surface area contributed by atoms with E-state index in [1.54, 1.807) is 31.2 Å². The van der Waals surface area contributed by atoms with Crippen LogP contribution in [-0.4, -0.2) is 49.4 Å². The summed E-state index contributed by atoms with van der Waals surface area (Å²) in [5.41, 5.74) is 5.60. The number of aromatic nitrogens is 1. The number of fused-ring (bicyclic) bond motifs is 1. The van der Waals surface area contributed by atoms with Crippen molar-refractivity contribution in [3.63, 3.8) is 0 Å². The van der Waals surface area contributed by atoms with Gasteiger partial charge in [0.2, 0.25) is 0 Å². The number of carbonyl (C=O) groups is 2. The summed E-state index contributed by atoms with van der Waals surface area (Å²) in [5, 5.41) is 0.623. The summed E-state index contributed by atoms with van der Waals surface area (Å²) in [7, 11) is -0.0832. The molecule has 0 bridgehead atoms. The van der Waals surface area contributed by atoms with Gasteiger partial charge in [0.25, 0.3) is 5.91 Å². The Hall–Kier alpha value is -2.87. The van der Waals surface area contributed by atoms with Crippen LogP contribution in [0.4, 0.5) is 0 Å². The molecule has 1 aliphatic heterocycles. The molecule has 0 fully saturated rings. The second kappa shape index (κ2) is 11.5. The fourth-order valence-corrected chi connectivity index (χ4v) is 6.22. The number of carbonyl (C=O) groups excluding carboxylic acids is 2. The molecule has 0 saturated heterocycles. The zero-order chi connectivity index (χ0) is 29.4. The summed E-state index contributed by atoms with van der Waals surface area (Å²) < 4.78 is 13.8. The number of benzene rings is 2. The summed E-state index contributed by atoms with van der Waals surface area (Å²) >= 11 is 6.44. The molecule has 3 aromatic rings. The van der Waals surface area contributed by atoms with Gasteiger partial charge in [0.1, 0.15) is 0 Å². The number of esters is 1. The van der Waals surface area contributed by atoms with Crippen LogP contribution in [0.2, 0.25) is 23.2 Å². The average Bonchev–Trinajstić information content (AvgIpc) is 3.20. The van der Waals surface area contributed by atoms with Crippen LogP contribution in [0.3, 0.4) is 0 Å². The van der Waals surface area contributed by atoms with E-state index in [1.807, 2.05) is 29.5 Å². The van der Waals surface area contributed by atoms with Crippen LogP contribution < -0.4 is 0 Å². The summed E-state index contributed by atoms with van der Waals surface area (Å²) in [6.45, 7) is 16.8. The van der Waals surface area contributed by atoms with Crippen molar-refractivity contribution in [3.8, 4) is 11.3 Å². The number of hydrogen-bond acceptors (Lipinski definition) is 4. The third-order valence-corrected chi connectivity index (χ3v) is 13.3. The van der Waals surface area contributed by atoms with E-state index >= 15 is 0 Å². The summed E-state index contributed by atoms with van der Waals surface area (Å²) in [4.78, 5) is 28.7. The van der Waals surface area contributed by atoms with Gasteiger partial charge in [-0.1, -0.05) is 56.6 Å². The van der Waals surface area contributed by atoms with E-state index in [1.165, 1.54) is 5.56 Å². The summed E-state index contributed by atoms with van der Waals surface area (Å²) in [6, 6.07) is 15.5. The summed E-state index contributed by atoms with van der Waals surface area (Å²) in [6.07, 6.45) is 0. The maximum atomic E-state index is 14.2. The van der Waals surface area contributed by atoms with Crippen molar-refractivity contribution in [2.45, 2.75) is 65.2 Å². The van der Waals surface area contributed by atoms with E-state index < -0.39 is 8.32 Å². The van der Waals surface area contributed by atoms with Gasteiger partial charge in [-0.05, 0) is 67.4 Å². The molecule has 0 aliphatic carbocycles. The quantitative estimate of drug-likeness (QED) is 0.213. The van der Waals surface area contributed by atoms with Gasteiger partial charge < -0.3 is 18.6 Å². The monoisotopic (exact) mass is 580 g/mol. The molecule has 0 radical (unpaired) electrons. The van der Waals surface area contributed by atoms with Crippen molar-refractivity contribution < 1.29 is 18.8 Å². The maximum Gasteiger partial charge on any atom is 0.339 e. The van der Waals surface area contributed by atoms with E-state index in [2.05, 4.69) is 52.1 Å². The third kappa shape index (κ3) is 5.92. The maximum absolute atomic E-state index is 14.2. The summed E-state index contributed by atoms with van der Waals surface area (Å²) in [5.74, 6) is -0.379. The molecule has 6 nitrogen and oxygen atoms in total. The fraction of sp³-hybridized carbons (Fsp3) is 0.438. The number of halogens is 1. The van der Waals surface area contributed by atoms with E-state index in [9.17, 15) is 9.59 Å². The van der Waals surface area contributed by atoms with Crippen molar-refractivity contribution in [2.75, 3.05) is 19.8 Å². The van der Waals surface area contributed by atoms with Crippen molar-refractivity contribution in [2.24, 2.45) is 7.05 Å². The Kier molecular flexibility index (Phi) is 8.69. The highest BCUT2D eigenvalue weighted by Gasteiger charge is 2.39. The molecule has 0 saturated carbocycles. The Morgan fingerprint density at radius 2 is 1.77 bits per heavy atom. The molecule has 2 aromatic carbocycles. The molecule has 2 heterocycles. The van der Waals surface area contributed by atoms with Gasteiger partial charge in [0, 0.05) is 60.2 Å². The lowest BCUT2D eigenvalue weighted by Crippen LogP contribution is -2.44. The fourth-order valence-electron chi connectivity index (χ4n) is 4.99. The minimum Gasteiger partial charge on any atom is -0.462 e. The average molecular weight is 581 g/mol. The Balaban J connectivity index is 1.69. The predicted molar refractivity (Wildman–Crippen MR) is 164 cm³/mol. The zero-order valence-corrected chi connectivity index (χ0v) is 26.7.